The zero-order chi connectivity index (χ0) is 14.4. The van der Waals surface area contributed by atoms with Crippen LogP contribution in [0.2, 0.25) is 0 Å². The molecule has 2 rings (SSSR count). The highest BCUT2D eigenvalue weighted by atomic mass is 16.5. The molecule has 2 N–H and O–H groups in total. The molecule has 0 radical (unpaired) electrons. The fraction of sp³-hybridized carbons (Fsp3) is 0.294. The van der Waals surface area contributed by atoms with E-state index in [-0.39, 0.29) is 6.04 Å². The Morgan fingerprint density at radius 3 is 2.20 bits per heavy atom. The van der Waals surface area contributed by atoms with E-state index in [1.165, 1.54) is 0 Å². The van der Waals surface area contributed by atoms with Crippen molar-refractivity contribution in [3.63, 3.8) is 0 Å². The number of ether oxygens (including phenoxy) is 2. The van der Waals surface area contributed by atoms with Crippen LogP contribution in [0.5, 0.6) is 11.5 Å². The number of hydrogen-bond acceptors (Lipinski definition) is 3. The lowest BCUT2D eigenvalue weighted by atomic mass is 9.99. The molecule has 0 saturated heterocycles. The molecule has 0 heterocycles. The van der Waals surface area contributed by atoms with Crippen LogP contribution in [-0.4, -0.2) is 13.7 Å². The van der Waals surface area contributed by atoms with Crippen LogP contribution < -0.4 is 15.2 Å². The van der Waals surface area contributed by atoms with E-state index in [1.807, 2.05) is 48.5 Å². The minimum absolute atomic E-state index is 0.185. The summed E-state index contributed by atoms with van der Waals surface area (Å²) in [6.45, 7) is 2.81. The van der Waals surface area contributed by atoms with Gasteiger partial charge in [0, 0.05) is 0 Å². The molecule has 1 unspecified atom stereocenters. The maximum atomic E-state index is 6.33. The van der Waals surface area contributed by atoms with Gasteiger partial charge in [-0.2, -0.15) is 0 Å². The molecule has 3 nitrogen and oxygen atoms in total. The summed E-state index contributed by atoms with van der Waals surface area (Å²) >= 11 is 0. The van der Waals surface area contributed by atoms with Crippen molar-refractivity contribution in [2.24, 2.45) is 5.73 Å². The highest BCUT2D eigenvalue weighted by Crippen LogP contribution is 2.25. The van der Waals surface area contributed by atoms with Gasteiger partial charge in [0.2, 0.25) is 0 Å². The Balaban J connectivity index is 2.21. The van der Waals surface area contributed by atoms with Crippen LogP contribution in [0.25, 0.3) is 0 Å². The van der Waals surface area contributed by atoms with Crippen molar-refractivity contribution in [2.45, 2.75) is 19.4 Å². The monoisotopic (exact) mass is 271 g/mol. The average Bonchev–Trinajstić information content (AvgIpc) is 2.52. The first-order valence-electron chi connectivity index (χ1n) is 6.87. The molecular formula is C17H21NO2. The van der Waals surface area contributed by atoms with E-state index in [2.05, 4.69) is 6.92 Å². The number of hydrogen-bond donors (Lipinski definition) is 1. The van der Waals surface area contributed by atoms with Gasteiger partial charge in [-0.15, -0.1) is 0 Å². The Labute approximate surface area is 120 Å². The van der Waals surface area contributed by atoms with Gasteiger partial charge in [-0.1, -0.05) is 31.2 Å². The number of rotatable bonds is 6. The minimum Gasteiger partial charge on any atom is -0.497 e. The highest BCUT2D eigenvalue weighted by Gasteiger charge is 2.10. The van der Waals surface area contributed by atoms with Gasteiger partial charge in [-0.05, 0) is 41.8 Å². The zero-order valence-corrected chi connectivity index (χ0v) is 12.0. The van der Waals surface area contributed by atoms with Crippen LogP contribution in [-0.2, 0) is 0 Å². The minimum atomic E-state index is -0.185. The third-order valence-corrected chi connectivity index (χ3v) is 3.14. The van der Waals surface area contributed by atoms with Crippen molar-refractivity contribution < 1.29 is 9.47 Å². The Morgan fingerprint density at radius 2 is 1.60 bits per heavy atom. The van der Waals surface area contributed by atoms with E-state index >= 15 is 0 Å². The number of benzene rings is 2. The number of methoxy groups -OCH3 is 1. The van der Waals surface area contributed by atoms with Crippen LogP contribution in [0.4, 0.5) is 0 Å². The van der Waals surface area contributed by atoms with Gasteiger partial charge in [0.1, 0.15) is 11.5 Å². The van der Waals surface area contributed by atoms with Gasteiger partial charge in [-0.3, -0.25) is 0 Å². The van der Waals surface area contributed by atoms with Gasteiger partial charge in [0.25, 0.3) is 0 Å². The Bertz CT molecular complexity index is 554. The summed E-state index contributed by atoms with van der Waals surface area (Å²) in [5.74, 6) is 1.68. The molecule has 3 heteroatoms. The average molecular weight is 271 g/mol. The first-order chi connectivity index (χ1) is 9.74. The van der Waals surface area contributed by atoms with E-state index in [4.69, 9.17) is 15.2 Å². The van der Waals surface area contributed by atoms with E-state index in [9.17, 15) is 0 Å². The molecule has 0 amide bonds. The maximum Gasteiger partial charge on any atom is 0.119 e. The highest BCUT2D eigenvalue weighted by molar-refractivity contribution is 5.39. The predicted octanol–water partition coefficient (Wildman–Crippen LogP) is 3.53. The van der Waals surface area contributed by atoms with Gasteiger partial charge >= 0.3 is 0 Å². The molecule has 1 atom stereocenters. The third kappa shape index (κ3) is 3.52. The van der Waals surface area contributed by atoms with E-state index in [1.54, 1.807) is 7.11 Å². The van der Waals surface area contributed by atoms with Gasteiger partial charge in [0.05, 0.1) is 19.8 Å². The molecule has 0 aliphatic carbocycles. The van der Waals surface area contributed by atoms with Crippen molar-refractivity contribution in [1.82, 2.24) is 0 Å². The molecule has 0 aliphatic rings. The fourth-order valence-corrected chi connectivity index (χ4v) is 2.05. The largest absolute Gasteiger partial charge is 0.497 e. The summed E-state index contributed by atoms with van der Waals surface area (Å²) in [4.78, 5) is 0. The first-order valence-corrected chi connectivity index (χ1v) is 6.87. The summed E-state index contributed by atoms with van der Waals surface area (Å²) in [6.07, 6.45) is 0.992. The van der Waals surface area contributed by atoms with Gasteiger partial charge in [0.15, 0.2) is 0 Å². The maximum absolute atomic E-state index is 6.33. The molecular weight excluding hydrogens is 250 g/mol. The van der Waals surface area contributed by atoms with Crippen LogP contribution in [0.1, 0.15) is 30.5 Å². The SMILES string of the molecule is CCCOc1cccc(C(N)c2cccc(OC)c2)c1. The van der Waals surface area contributed by atoms with Crippen molar-refractivity contribution in [3.05, 3.63) is 59.7 Å². The van der Waals surface area contributed by atoms with Crippen molar-refractivity contribution in [1.29, 1.82) is 0 Å². The predicted molar refractivity (Wildman–Crippen MR) is 81.3 cm³/mol. The van der Waals surface area contributed by atoms with Gasteiger partial charge < -0.3 is 15.2 Å². The van der Waals surface area contributed by atoms with Gasteiger partial charge in [-0.25, -0.2) is 0 Å². The zero-order valence-electron chi connectivity index (χ0n) is 12.0. The molecule has 106 valence electrons. The van der Waals surface area contributed by atoms with Crippen molar-refractivity contribution in [2.75, 3.05) is 13.7 Å². The Hall–Kier alpha value is -2.00. The molecule has 0 aromatic heterocycles. The third-order valence-electron chi connectivity index (χ3n) is 3.14. The van der Waals surface area contributed by atoms with Crippen molar-refractivity contribution in [3.8, 4) is 11.5 Å². The number of nitrogens with two attached hydrogens (primary N) is 1. The van der Waals surface area contributed by atoms with Crippen LogP contribution >= 0.6 is 0 Å². The molecule has 0 bridgehead atoms. The lowest BCUT2D eigenvalue weighted by Gasteiger charge is -2.15. The van der Waals surface area contributed by atoms with Crippen LogP contribution in [0, 0.1) is 0 Å². The fourth-order valence-electron chi connectivity index (χ4n) is 2.05. The standard InChI is InChI=1S/C17H21NO2/c1-3-10-20-16-9-5-7-14(12-16)17(18)13-6-4-8-15(11-13)19-2/h4-9,11-12,17H,3,10,18H2,1-2H3. The molecule has 2 aromatic carbocycles. The Morgan fingerprint density at radius 1 is 1.00 bits per heavy atom. The first kappa shape index (κ1) is 14.4. The van der Waals surface area contributed by atoms with Crippen molar-refractivity contribution >= 4 is 0 Å². The smallest absolute Gasteiger partial charge is 0.119 e. The van der Waals surface area contributed by atoms with E-state index in [0.29, 0.717) is 0 Å². The summed E-state index contributed by atoms with van der Waals surface area (Å²) in [5.41, 5.74) is 8.39. The van der Waals surface area contributed by atoms with Crippen LogP contribution in [0.3, 0.4) is 0 Å². The van der Waals surface area contributed by atoms with E-state index < -0.39 is 0 Å². The van der Waals surface area contributed by atoms with E-state index in [0.717, 1.165) is 35.7 Å². The molecule has 0 saturated carbocycles. The second-order valence-corrected chi connectivity index (χ2v) is 4.68. The normalized spacial score (nSPS) is 11.9. The molecule has 2 aromatic rings. The molecule has 0 aliphatic heterocycles. The topological polar surface area (TPSA) is 44.5 Å². The Kier molecular flexibility index (Phi) is 5.02. The van der Waals surface area contributed by atoms with Crippen LogP contribution in [0.15, 0.2) is 48.5 Å². The quantitative estimate of drug-likeness (QED) is 0.874. The lowest BCUT2D eigenvalue weighted by molar-refractivity contribution is 0.317. The summed E-state index contributed by atoms with van der Waals surface area (Å²) in [5, 5.41) is 0. The summed E-state index contributed by atoms with van der Waals surface area (Å²) in [7, 11) is 1.66. The lowest BCUT2D eigenvalue weighted by Crippen LogP contribution is -2.12. The second-order valence-electron chi connectivity index (χ2n) is 4.68. The summed E-state index contributed by atoms with van der Waals surface area (Å²) in [6, 6.07) is 15.6. The molecule has 20 heavy (non-hydrogen) atoms. The molecule has 0 spiro atoms. The molecule has 0 fully saturated rings. The summed E-state index contributed by atoms with van der Waals surface area (Å²) < 4.78 is 10.9. The second kappa shape index (κ2) is 6.96.